The molecule has 0 aliphatic carbocycles. The third-order valence-corrected chi connectivity index (χ3v) is 4.24. The molecule has 0 aromatic carbocycles. The molecule has 0 bridgehead atoms. The summed E-state index contributed by atoms with van der Waals surface area (Å²) in [6, 6.07) is 0. The highest BCUT2D eigenvalue weighted by molar-refractivity contribution is 8.13. The van der Waals surface area contributed by atoms with Gasteiger partial charge in [-0.1, -0.05) is 25.6 Å². The average Bonchev–Trinajstić information content (AvgIpc) is 2.41. The highest BCUT2D eigenvalue weighted by atomic mass is 35.5. The van der Waals surface area contributed by atoms with Crippen molar-refractivity contribution in [2.24, 2.45) is 11.8 Å². The van der Waals surface area contributed by atoms with Crippen molar-refractivity contribution in [3.63, 3.8) is 0 Å². The molecule has 16 heavy (non-hydrogen) atoms. The molecule has 0 aromatic heterocycles. The van der Waals surface area contributed by atoms with Crippen LogP contribution in [0.25, 0.3) is 0 Å². The van der Waals surface area contributed by atoms with E-state index in [4.69, 9.17) is 11.6 Å². The third kappa shape index (κ3) is 4.96. The van der Waals surface area contributed by atoms with Crippen molar-refractivity contribution < 1.29 is 4.79 Å². The van der Waals surface area contributed by atoms with Gasteiger partial charge in [0.05, 0.1) is 0 Å². The second-order valence-electron chi connectivity index (χ2n) is 4.85. The number of halogens is 1. The molecule has 1 rings (SSSR count). The molecule has 0 spiro atoms. The van der Waals surface area contributed by atoms with Crippen LogP contribution in [0.3, 0.4) is 0 Å². The lowest BCUT2D eigenvalue weighted by Crippen LogP contribution is -2.33. The van der Waals surface area contributed by atoms with Crippen molar-refractivity contribution in [2.45, 2.75) is 33.1 Å². The minimum absolute atomic E-state index is 0.241. The van der Waals surface area contributed by atoms with Crippen molar-refractivity contribution in [3.8, 4) is 0 Å². The van der Waals surface area contributed by atoms with Crippen molar-refractivity contribution in [3.05, 3.63) is 0 Å². The van der Waals surface area contributed by atoms with E-state index in [0.717, 1.165) is 25.3 Å². The Morgan fingerprint density at radius 2 is 1.88 bits per heavy atom. The largest absolute Gasteiger partial charge is 0.333 e. The Morgan fingerprint density at radius 1 is 1.31 bits per heavy atom. The minimum Gasteiger partial charge on any atom is -0.333 e. The van der Waals surface area contributed by atoms with Crippen LogP contribution < -0.4 is 0 Å². The lowest BCUT2D eigenvalue weighted by molar-refractivity contribution is 0.213. The van der Waals surface area contributed by atoms with Gasteiger partial charge in [-0.25, -0.2) is 0 Å². The fourth-order valence-corrected chi connectivity index (χ4v) is 3.12. The lowest BCUT2D eigenvalue weighted by atomic mass is 10.0. The molecule has 0 aromatic rings. The molecule has 2 nitrogen and oxygen atoms in total. The summed E-state index contributed by atoms with van der Waals surface area (Å²) >= 11 is 7.03. The number of hydrogen-bond donors (Lipinski definition) is 0. The summed E-state index contributed by atoms with van der Waals surface area (Å²) in [6.07, 6.45) is 3.41. The Kier molecular flexibility index (Phi) is 6.59. The second-order valence-corrected chi connectivity index (χ2v) is 6.27. The summed E-state index contributed by atoms with van der Waals surface area (Å²) in [5.74, 6) is 2.78. The maximum Gasteiger partial charge on any atom is 0.281 e. The molecule has 2 atom stereocenters. The van der Waals surface area contributed by atoms with Gasteiger partial charge >= 0.3 is 0 Å². The number of nitrogens with zero attached hydrogens (tertiary/aromatic N) is 1. The third-order valence-electron chi connectivity index (χ3n) is 2.98. The first-order valence-corrected chi connectivity index (χ1v) is 7.63. The van der Waals surface area contributed by atoms with Crippen LogP contribution >= 0.6 is 23.4 Å². The van der Waals surface area contributed by atoms with Gasteiger partial charge < -0.3 is 4.90 Å². The first kappa shape index (κ1) is 14.2. The number of hydrogen-bond acceptors (Lipinski definition) is 2. The van der Waals surface area contributed by atoms with Gasteiger partial charge in [-0.2, -0.15) is 0 Å². The van der Waals surface area contributed by atoms with E-state index in [0.29, 0.717) is 17.7 Å². The number of alkyl halides is 1. The number of amides is 1. The Labute approximate surface area is 108 Å². The SMILES string of the molecule is CC1CCC(C)CN(C(=O)SCCCCl)C1. The van der Waals surface area contributed by atoms with Gasteiger partial charge in [0.1, 0.15) is 0 Å². The maximum absolute atomic E-state index is 12.0. The van der Waals surface area contributed by atoms with Crippen molar-refractivity contribution in [1.29, 1.82) is 0 Å². The van der Waals surface area contributed by atoms with Crippen LogP contribution in [0.15, 0.2) is 0 Å². The van der Waals surface area contributed by atoms with Crippen molar-refractivity contribution in [1.82, 2.24) is 4.90 Å². The van der Waals surface area contributed by atoms with Crippen LogP contribution in [0.2, 0.25) is 0 Å². The quantitative estimate of drug-likeness (QED) is 0.570. The van der Waals surface area contributed by atoms with E-state index in [9.17, 15) is 4.79 Å². The summed E-state index contributed by atoms with van der Waals surface area (Å²) < 4.78 is 0. The maximum atomic E-state index is 12.0. The van der Waals surface area contributed by atoms with E-state index >= 15 is 0 Å². The lowest BCUT2D eigenvalue weighted by Gasteiger charge is -2.23. The van der Waals surface area contributed by atoms with Gasteiger partial charge in [0.25, 0.3) is 5.24 Å². The molecule has 1 fully saturated rings. The Hall–Kier alpha value is 0.110. The van der Waals surface area contributed by atoms with Crippen LogP contribution in [-0.4, -0.2) is 34.9 Å². The molecule has 94 valence electrons. The molecule has 4 heteroatoms. The summed E-state index contributed by atoms with van der Waals surface area (Å²) in [7, 11) is 0. The molecule has 1 aliphatic rings. The molecule has 1 amide bonds. The van der Waals surface area contributed by atoms with E-state index < -0.39 is 0 Å². The fraction of sp³-hybridized carbons (Fsp3) is 0.917. The molecule has 0 radical (unpaired) electrons. The zero-order chi connectivity index (χ0) is 12.0. The summed E-state index contributed by atoms with van der Waals surface area (Å²) in [4.78, 5) is 14.0. The molecule has 0 saturated carbocycles. The topological polar surface area (TPSA) is 20.3 Å². The summed E-state index contributed by atoms with van der Waals surface area (Å²) in [5.41, 5.74) is 0. The van der Waals surface area contributed by atoms with E-state index in [1.807, 2.05) is 4.90 Å². The van der Waals surface area contributed by atoms with Gasteiger partial charge in [-0.05, 0) is 31.1 Å². The van der Waals surface area contributed by atoms with Gasteiger partial charge in [0, 0.05) is 24.7 Å². The first-order chi connectivity index (χ1) is 7.63. The number of carbonyl (C=O) groups is 1. The predicted molar refractivity (Wildman–Crippen MR) is 72.3 cm³/mol. The normalized spacial score (nSPS) is 26.6. The molecule has 0 N–H and O–H groups in total. The van der Waals surface area contributed by atoms with Crippen molar-refractivity contribution >= 4 is 28.6 Å². The number of likely N-dealkylation sites (tertiary alicyclic amines) is 1. The zero-order valence-electron chi connectivity index (χ0n) is 10.2. The van der Waals surface area contributed by atoms with Gasteiger partial charge in [-0.3, -0.25) is 4.79 Å². The first-order valence-electron chi connectivity index (χ1n) is 6.11. The van der Waals surface area contributed by atoms with Gasteiger partial charge in [0.2, 0.25) is 0 Å². The predicted octanol–water partition coefficient (Wildman–Crippen LogP) is 3.84. The van der Waals surface area contributed by atoms with Crippen LogP contribution in [-0.2, 0) is 0 Å². The standard InChI is InChI=1S/C12H22ClNOS/c1-10-4-5-11(2)9-14(8-10)12(15)16-7-3-6-13/h10-11H,3-9H2,1-2H3. The van der Waals surface area contributed by atoms with Gasteiger partial charge in [0.15, 0.2) is 0 Å². The average molecular weight is 264 g/mol. The number of rotatable bonds is 3. The second kappa shape index (κ2) is 7.44. The molecule has 1 heterocycles. The van der Waals surface area contributed by atoms with Crippen LogP contribution in [0.1, 0.15) is 33.1 Å². The van der Waals surface area contributed by atoms with E-state index in [-0.39, 0.29) is 5.24 Å². The highest BCUT2D eigenvalue weighted by Gasteiger charge is 2.22. The minimum atomic E-state index is 0.241. The Morgan fingerprint density at radius 3 is 2.38 bits per heavy atom. The van der Waals surface area contributed by atoms with Crippen LogP contribution in [0.4, 0.5) is 4.79 Å². The van der Waals surface area contributed by atoms with Crippen LogP contribution in [0, 0.1) is 11.8 Å². The van der Waals surface area contributed by atoms with E-state index in [2.05, 4.69) is 13.8 Å². The molecule has 1 aliphatic heterocycles. The Bertz CT molecular complexity index is 213. The fourth-order valence-electron chi connectivity index (χ4n) is 2.03. The Balaban J connectivity index is 2.39. The molecular weight excluding hydrogens is 242 g/mol. The van der Waals surface area contributed by atoms with Gasteiger partial charge in [-0.15, -0.1) is 11.6 Å². The summed E-state index contributed by atoms with van der Waals surface area (Å²) in [6.45, 7) is 6.33. The van der Waals surface area contributed by atoms with Crippen LogP contribution in [0.5, 0.6) is 0 Å². The zero-order valence-corrected chi connectivity index (χ0v) is 11.8. The molecule has 2 unspecified atom stereocenters. The van der Waals surface area contributed by atoms with E-state index in [1.165, 1.54) is 24.6 Å². The number of thioether (sulfide) groups is 1. The summed E-state index contributed by atoms with van der Waals surface area (Å²) in [5, 5.41) is 0.241. The number of carbonyl (C=O) groups excluding carboxylic acids is 1. The highest BCUT2D eigenvalue weighted by Crippen LogP contribution is 2.23. The molecular formula is C12H22ClNOS. The smallest absolute Gasteiger partial charge is 0.281 e. The monoisotopic (exact) mass is 263 g/mol. The van der Waals surface area contributed by atoms with E-state index in [1.54, 1.807) is 0 Å². The van der Waals surface area contributed by atoms with Crippen molar-refractivity contribution in [2.75, 3.05) is 24.7 Å². The molecule has 1 saturated heterocycles.